The molecule has 47 heavy (non-hydrogen) atoms. The zero-order chi connectivity index (χ0) is 33.7. The van der Waals surface area contributed by atoms with E-state index >= 15 is 0 Å². The summed E-state index contributed by atoms with van der Waals surface area (Å²) >= 11 is 0. The van der Waals surface area contributed by atoms with Crippen molar-refractivity contribution in [3.63, 3.8) is 0 Å². The number of rotatable bonds is 12. The Morgan fingerprint density at radius 1 is 0.596 bits per heavy atom. The van der Waals surface area contributed by atoms with Gasteiger partial charge in [0.2, 0.25) is 0 Å². The summed E-state index contributed by atoms with van der Waals surface area (Å²) in [5.74, 6) is -2.44. The number of esters is 1. The Labute approximate surface area is 273 Å². The fraction of sp³-hybridized carbons (Fsp3) is 0.111. The Hall–Kier alpha value is -5.17. The molecule has 0 aliphatic heterocycles. The van der Waals surface area contributed by atoms with Crippen LogP contribution in [-0.2, 0) is 19.6 Å². The molecule has 0 saturated carbocycles. The quantitative estimate of drug-likeness (QED) is 0.0572. The molecule has 0 heterocycles. The summed E-state index contributed by atoms with van der Waals surface area (Å²) < 4.78 is 41.3. The predicted molar refractivity (Wildman–Crippen MR) is 178 cm³/mol. The molecule has 0 aromatic heterocycles. The monoisotopic (exact) mass is 656 g/mol. The zero-order valence-electron chi connectivity index (χ0n) is 25.3. The first-order chi connectivity index (χ1) is 22.7. The molecule has 5 aromatic carbocycles. The Morgan fingerprint density at radius 3 is 1.36 bits per heavy atom. The van der Waals surface area contributed by atoms with Gasteiger partial charge in [-0.25, -0.2) is 9.59 Å². The van der Waals surface area contributed by atoms with E-state index < -0.39 is 32.5 Å². The van der Waals surface area contributed by atoms with Crippen LogP contribution in [0.4, 0.5) is 22.7 Å². The van der Waals surface area contributed by atoms with Gasteiger partial charge in [-0.2, -0.15) is 12.9 Å². The minimum Gasteiger partial charge on any atom is -0.478 e. The van der Waals surface area contributed by atoms with Crippen LogP contribution in [0, 0.1) is 0 Å². The second kappa shape index (κ2) is 16.4. The number of carbonyl (C=O) groups is 2. The third-order valence-electron chi connectivity index (χ3n) is 6.96. The summed E-state index contributed by atoms with van der Waals surface area (Å²) in [6.07, 6.45) is 0. The highest BCUT2D eigenvalue weighted by Gasteiger charge is 2.38. The lowest BCUT2D eigenvalue weighted by Crippen LogP contribution is -2.33. The van der Waals surface area contributed by atoms with Gasteiger partial charge in [-0.15, -0.1) is 0 Å². The maximum Gasteiger partial charge on any atom is 0.338 e. The average molecular weight is 657 g/mol. The normalized spacial score (nSPS) is 11.2. The van der Waals surface area contributed by atoms with Gasteiger partial charge in [0, 0.05) is 48.5 Å². The van der Waals surface area contributed by atoms with Gasteiger partial charge in [0.05, 0.1) is 35.8 Å². The fourth-order valence-corrected chi connectivity index (χ4v) is 5.49. The smallest absolute Gasteiger partial charge is 0.338 e. The fourth-order valence-electron chi connectivity index (χ4n) is 4.93. The minimum absolute atomic E-state index is 0.01000. The summed E-state index contributed by atoms with van der Waals surface area (Å²) in [5.41, 5.74) is 4.03. The number of carboxylic acid groups (broad SMARTS) is 1. The number of nitrogens with zero attached hydrogens (tertiary/aromatic N) is 1. The van der Waals surface area contributed by atoms with Crippen LogP contribution < -0.4 is 4.48 Å². The van der Waals surface area contributed by atoms with Gasteiger partial charge in [-0.3, -0.25) is 4.55 Å². The van der Waals surface area contributed by atoms with Crippen molar-refractivity contribution in [2.45, 2.75) is 4.90 Å². The number of ether oxygens (including phenoxy) is 2. The Balaban J connectivity index is 0.000000215. The first-order valence-corrected chi connectivity index (χ1v) is 15.9. The first kappa shape index (κ1) is 34.7. The molecule has 5 aromatic rings. The number of aliphatic hydroxyl groups excluding tert-OH is 1. The number of carbonyl (C=O) groups excluding carboxylic acids is 1. The molecule has 10 nitrogen and oxygen atoms in total. The molecule has 11 heteroatoms. The van der Waals surface area contributed by atoms with Gasteiger partial charge >= 0.3 is 11.9 Å². The number of hydrogen-bond donors (Lipinski definition) is 3. The van der Waals surface area contributed by atoms with E-state index in [1.165, 1.54) is 22.7 Å². The predicted octanol–water partition coefficient (Wildman–Crippen LogP) is 6.79. The van der Waals surface area contributed by atoms with E-state index in [2.05, 4.69) is 121 Å². The Bertz CT molecular complexity index is 1690. The van der Waals surface area contributed by atoms with Crippen LogP contribution in [0.25, 0.3) is 0 Å². The minimum atomic E-state index is -4.67. The second-order valence-corrected chi connectivity index (χ2v) is 11.4. The number of aliphatic hydroxyl groups is 1. The number of quaternary nitrogens is 1. The van der Waals surface area contributed by atoms with Gasteiger partial charge < -0.3 is 19.7 Å². The lowest BCUT2D eigenvalue weighted by Gasteiger charge is -2.37. The van der Waals surface area contributed by atoms with E-state index in [9.17, 15) is 18.0 Å². The van der Waals surface area contributed by atoms with Crippen molar-refractivity contribution < 1.29 is 42.2 Å². The molecule has 0 bridgehead atoms. The molecular weight excluding hydrogens is 622 g/mol. The van der Waals surface area contributed by atoms with E-state index in [4.69, 9.17) is 24.2 Å². The Morgan fingerprint density at radius 2 is 1.00 bits per heavy atom. The largest absolute Gasteiger partial charge is 0.478 e. The summed E-state index contributed by atoms with van der Waals surface area (Å²) in [5, 5.41) is 17.4. The van der Waals surface area contributed by atoms with Crippen LogP contribution in [0.3, 0.4) is 0 Å². The molecule has 0 unspecified atom stereocenters. The van der Waals surface area contributed by atoms with E-state index in [1.54, 1.807) is 0 Å². The second-order valence-electron chi connectivity index (χ2n) is 10.0. The summed E-state index contributed by atoms with van der Waals surface area (Å²) in [4.78, 5) is 21.9. The van der Waals surface area contributed by atoms with Crippen LogP contribution >= 0.6 is 0 Å². The zero-order valence-corrected chi connectivity index (χ0v) is 26.1. The molecule has 0 amide bonds. The van der Waals surface area contributed by atoms with Crippen molar-refractivity contribution in [2.24, 2.45) is 0 Å². The van der Waals surface area contributed by atoms with Crippen LogP contribution in [0.5, 0.6) is 0 Å². The molecule has 0 spiro atoms. The first-order valence-electron chi connectivity index (χ1n) is 14.5. The standard InChI is InChI=1S/C24H20N.C12H14O9S/c1-5-13-21(14-6-1)25(22-15-7-2-8-16-22,23-17-9-3-10-18-23)24-19-11-4-12-20-24;13-1-2-20-3-4-21-12(16)9-5-8(11(14)15)6-10(7-9)22(17,18)19/h1-20H;5-7,13H,1-4H2,(H,14,15)(H,17,18,19)/q+1;. The third-order valence-corrected chi connectivity index (χ3v) is 7.79. The molecule has 0 saturated heterocycles. The lowest BCUT2D eigenvalue weighted by atomic mass is 10.1. The third kappa shape index (κ3) is 8.76. The number of benzene rings is 5. The van der Waals surface area contributed by atoms with Gasteiger partial charge in [-0.05, 0) is 18.2 Å². The van der Waals surface area contributed by atoms with Crippen LogP contribution in [-0.4, -0.2) is 61.5 Å². The summed E-state index contributed by atoms with van der Waals surface area (Å²) in [6.45, 7) is -0.279. The molecule has 3 N–H and O–H groups in total. The van der Waals surface area contributed by atoms with Crippen molar-refractivity contribution in [3.8, 4) is 0 Å². The van der Waals surface area contributed by atoms with Gasteiger partial charge in [0.1, 0.15) is 29.4 Å². The van der Waals surface area contributed by atoms with Crippen molar-refractivity contribution in [2.75, 3.05) is 26.4 Å². The van der Waals surface area contributed by atoms with Crippen molar-refractivity contribution in [3.05, 3.63) is 151 Å². The molecule has 0 aliphatic carbocycles. The number of carboxylic acids is 1. The van der Waals surface area contributed by atoms with E-state index in [1.807, 2.05) is 0 Å². The topological polar surface area (TPSA) is 147 Å². The van der Waals surface area contributed by atoms with Crippen molar-refractivity contribution in [1.82, 2.24) is 4.48 Å². The maximum absolute atomic E-state index is 11.7. The molecule has 0 fully saturated rings. The molecular formula is C36H34NO9S+. The van der Waals surface area contributed by atoms with Crippen LogP contribution in [0.2, 0.25) is 0 Å². The Kier molecular flexibility index (Phi) is 12.1. The van der Waals surface area contributed by atoms with E-state index in [0.29, 0.717) is 4.48 Å². The lowest BCUT2D eigenvalue weighted by molar-refractivity contribution is 0.0258. The molecule has 5 rings (SSSR count). The van der Waals surface area contributed by atoms with Crippen LogP contribution in [0.1, 0.15) is 20.7 Å². The number of para-hydroxylation sites is 4. The van der Waals surface area contributed by atoms with Crippen LogP contribution in [0.15, 0.2) is 144 Å². The number of hydrogen-bond acceptors (Lipinski definition) is 7. The number of aromatic carboxylic acids is 1. The van der Waals surface area contributed by atoms with Crippen molar-refractivity contribution in [1.29, 1.82) is 0 Å². The summed E-state index contributed by atoms with van der Waals surface area (Å²) in [7, 11) is -4.67. The highest BCUT2D eigenvalue weighted by atomic mass is 32.2. The molecule has 0 radical (unpaired) electrons. The van der Waals surface area contributed by atoms with Crippen molar-refractivity contribution >= 4 is 44.8 Å². The SMILES string of the molecule is O=C(O)c1cc(C(=O)OCCOCCO)cc(S(=O)(=O)O)c1.c1ccc([N+](c2ccccc2)(c2ccccc2)c2ccccc2)cc1. The molecule has 0 atom stereocenters. The van der Waals surface area contributed by atoms with E-state index in [-0.39, 0.29) is 32.0 Å². The molecule has 0 aliphatic rings. The van der Waals surface area contributed by atoms with Gasteiger partial charge in [0.25, 0.3) is 10.1 Å². The summed E-state index contributed by atoms with van der Waals surface area (Å²) in [6, 6.07) is 45.2. The van der Waals surface area contributed by atoms with Gasteiger partial charge in [0.15, 0.2) is 0 Å². The van der Waals surface area contributed by atoms with E-state index in [0.717, 1.165) is 18.2 Å². The average Bonchev–Trinajstić information content (AvgIpc) is 3.10. The highest BCUT2D eigenvalue weighted by molar-refractivity contribution is 7.85. The molecule has 242 valence electrons. The highest BCUT2D eigenvalue weighted by Crippen LogP contribution is 2.50. The maximum atomic E-state index is 11.7. The van der Waals surface area contributed by atoms with Gasteiger partial charge in [-0.1, -0.05) is 72.8 Å².